The fraction of sp³-hybridized carbons (Fsp3) is 0. The first-order valence-corrected chi connectivity index (χ1v) is 12.7. The topological polar surface area (TPSA) is 4.93 Å². The number of hydrogen-bond donors (Lipinski definition) is 0. The SMILES string of the molecule is c1ccc(-c2cc(-c3ccccc3)cc(-c3cccc4c3c3ccccc3n4-c3ccccc3)c2)cc1. The molecule has 1 heteroatoms. The van der Waals surface area contributed by atoms with E-state index in [1.54, 1.807) is 0 Å². The van der Waals surface area contributed by atoms with Crippen LogP contribution in [0.3, 0.4) is 0 Å². The number of fused-ring (bicyclic) bond motifs is 3. The van der Waals surface area contributed by atoms with Crippen LogP contribution in [-0.4, -0.2) is 4.57 Å². The van der Waals surface area contributed by atoms with Gasteiger partial charge in [0.15, 0.2) is 0 Å². The van der Waals surface area contributed by atoms with Gasteiger partial charge in [0.1, 0.15) is 0 Å². The van der Waals surface area contributed by atoms with E-state index in [0.29, 0.717) is 0 Å². The van der Waals surface area contributed by atoms with Crippen LogP contribution >= 0.6 is 0 Å². The summed E-state index contributed by atoms with van der Waals surface area (Å²) in [7, 11) is 0. The molecule has 6 aromatic carbocycles. The molecule has 1 aromatic heterocycles. The van der Waals surface area contributed by atoms with Gasteiger partial charge in [0, 0.05) is 16.5 Å². The molecule has 7 rings (SSSR count). The van der Waals surface area contributed by atoms with Crippen LogP contribution in [0, 0.1) is 0 Å². The zero-order valence-electron chi connectivity index (χ0n) is 20.4. The lowest BCUT2D eigenvalue weighted by Gasteiger charge is -2.13. The Balaban J connectivity index is 1.55. The Labute approximate surface area is 216 Å². The molecule has 1 heterocycles. The second kappa shape index (κ2) is 8.96. The Kier molecular flexibility index (Phi) is 5.19. The Morgan fingerprint density at radius 2 is 0.865 bits per heavy atom. The quantitative estimate of drug-likeness (QED) is 0.241. The molecule has 37 heavy (non-hydrogen) atoms. The molecule has 0 unspecified atom stereocenters. The zero-order valence-corrected chi connectivity index (χ0v) is 20.4. The first kappa shape index (κ1) is 21.4. The van der Waals surface area contributed by atoms with Gasteiger partial charge in [-0.25, -0.2) is 0 Å². The van der Waals surface area contributed by atoms with Gasteiger partial charge in [0.05, 0.1) is 11.0 Å². The minimum atomic E-state index is 1.17. The third-order valence-corrected chi connectivity index (χ3v) is 7.17. The summed E-state index contributed by atoms with van der Waals surface area (Å²) < 4.78 is 2.38. The van der Waals surface area contributed by atoms with Crippen molar-refractivity contribution in [3.63, 3.8) is 0 Å². The fourth-order valence-corrected chi connectivity index (χ4v) is 5.49. The second-order valence-electron chi connectivity index (χ2n) is 9.42. The van der Waals surface area contributed by atoms with Gasteiger partial charge < -0.3 is 4.57 Å². The summed E-state index contributed by atoms with van der Waals surface area (Å²) in [6.07, 6.45) is 0. The van der Waals surface area contributed by atoms with Crippen molar-refractivity contribution in [1.82, 2.24) is 4.57 Å². The lowest BCUT2D eigenvalue weighted by molar-refractivity contribution is 1.18. The molecule has 0 aliphatic carbocycles. The average Bonchev–Trinajstić information content (AvgIpc) is 3.33. The normalized spacial score (nSPS) is 11.2. The molecule has 0 bridgehead atoms. The van der Waals surface area contributed by atoms with Crippen molar-refractivity contribution in [2.24, 2.45) is 0 Å². The molecular formula is C36H25N. The molecule has 0 atom stereocenters. The van der Waals surface area contributed by atoms with E-state index in [1.165, 1.54) is 60.9 Å². The third kappa shape index (κ3) is 3.73. The third-order valence-electron chi connectivity index (χ3n) is 7.17. The van der Waals surface area contributed by atoms with Gasteiger partial charge in [-0.2, -0.15) is 0 Å². The van der Waals surface area contributed by atoms with E-state index in [0.717, 1.165) is 0 Å². The predicted molar refractivity (Wildman–Crippen MR) is 157 cm³/mol. The van der Waals surface area contributed by atoms with Crippen molar-refractivity contribution in [2.75, 3.05) is 0 Å². The van der Waals surface area contributed by atoms with E-state index >= 15 is 0 Å². The molecular weight excluding hydrogens is 446 g/mol. The standard InChI is InChI=1S/C36H25N/c1-4-13-26(14-5-1)28-23-29(27-15-6-2-7-16-27)25-30(24-28)32-20-12-22-35-36(32)33-19-10-11-21-34(33)37(35)31-17-8-3-9-18-31/h1-25H. The Morgan fingerprint density at radius 1 is 0.351 bits per heavy atom. The van der Waals surface area contributed by atoms with Gasteiger partial charge in [0.2, 0.25) is 0 Å². The second-order valence-corrected chi connectivity index (χ2v) is 9.42. The highest BCUT2D eigenvalue weighted by atomic mass is 15.0. The summed E-state index contributed by atoms with van der Waals surface area (Å²) >= 11 is 0. The molecule has 0 saturated carbocycles. The molecule has 0 N–H and O–H groups in total. The van der Waals surface area contributed by atoms with Crippen LogP contribution < -0.4 is 0 Å². The predicted octanol–water partition coefficient (Wildman–Crippen LogP) is 9.78. The summed E-state index contributed by atoms with van der Waals surface area (Å²) in [6.45, 7) is 0. The van der Waals surface area contributed by atoms with Crippen molar-refractivity contribution in [1.29, 1.82) is 0 Å². The van der Waals surface area contributed by atoms with Crippen LogP contribution in [0.2, 0.25) is 0 Å². The van der Waals surface area contributed by atoms with Crippen LogP contribution in [0.15, 0.2) is 152 Å². The van der Waals surface area contributed by atoms with Crippen molar-refractivity contribution < 1.29 is 0 Å². The maximum absolute atomic E-state index is 2.38. The summed E-state index contributed by atoms with van der Waals surface area (Å²) in [4.78, 5) is 0. The van der Waals surface area contributed by atoms with E-state index in [9.17, 15) is 0 Å². The number of hydrogen-bond acceptors (Lipinski definition) is 0. The number of aromatic nitrogens is 1. The van der Waals surface area contributed by atoms with Crippen LogP contribution in [-0.2, 0) is 0 Å². The maximum atomic E-state index is 2.38. The van der Waals surface area contributed by atoms with E-state index in [4.69, 9.17) is 0 Å². The molecule has 0 amide bonds. The highest BCUT2D eigenvalue weighted by Gasteiger charge is 2.17. The summed E-state index contributed by atoms with van der Waals surface area (Å²) in [5, 5.41) is 2.55. The minimum absolute atomic E-state index is 1.17. The summed E-state index contributed by atoms with van der Waals surface area (Å²) in [5.74, 6) is 0. The Morgan fingerprint density at radius 3 is 1.51 bits per heavy atom. The molecule has 0 fully saturated rings. The summed E-state index contributed by atoms with van der Waals surface area (Å²) in [6, 6.07) is 54.4. The molecule has 174 valence electrons. The molecule has 1 nitrogen and oxygen atoms in total. The van der Waals surface area contributed by atoms with Gasteiger partial charge in [-0.1, -0.05) is 109 Å². The molecule has 0 saturated heterocycles. The lowest BCUT2D eigenvalue weighted by atomic mass is 9.91. The Bertz CT molecular complexity index is 1790. The molecule has 7 aromatic rings. The average molecular weight is 472 g/mol. The molecule has 0 aliphatic rings. The number of rotatable bonds is 4. The van der Waals surface area contributed by atoms with Crippen molar-refractivity contribution >= 4 is 21.8 Å². The van der Waals surface area contributed by atoms with Gasteiger partial charge in [-0.05, 0) is 75.8 Å². The molecule has 0 spiro atoms. The van der Waals surface area contributed by atoms with Gasteiger partial charge in [-0.3, -0.25) is 0 Å². The maximum Gasteiger partial charge on any atom is 0.0547 e. The first-order valence-electron chi connectivity index (χ1n) is 12.7. The van der Waals surface area contributed by atoms with Crippen molar-refractivity contribution in [3.05, 3.63) is 152 Å². The molecule has 0 aliphatic heterocycles. The first-order chi connectivity index (χ1) is 18.4. The fourth-order valence-electron chi connectivity index (χ4n) is 5.49. The van der Waals surface area contributed by atoms with Crippen LogP contribution in [0.25, 0.3) is 60.9 Å². The van der Waals surface area contributed by atoms with E-state index in [-0.39, 0.29) is 0 Å². The van der Waals surface area contributed by atoms with Gasteiger partial charge in [0.25, 0.3) is 0 Å². The van der Waals surface area contributed by atoms with Crippen LogP contribution in [0.5, 0.6) is 0 Å². The van der Waals surface area contributed by atoms with Gasteiger partial charge >= 0.3 is 0 Å². The molecule has 0 radical (unpaired) electrons. The lowest BCUT2D eigenvalue weighted by Crippen LogP contribution is -1.93. The Hall–Kier alpha value is -4.88. The van der Waals surface area contributed by atoms with E-state index < -0.39 is 0 Å². The van der Waals surface area contributed by atoms with Crippen molar-refractivity contribution in [2.45, 2.75) is 0 Å². The van der Waals surface area contributed by atoms with Crippen LogP contribution in [0.4, 0.5) is 0 Å². The van der Waals surface area contributed by atoms with Crippen molar-refractivity contribution in [3.8, 4) is 39.1 Å². The zero-order chi connectivity index (χ0) is 24.6. The highest BCUT2D eigenvalue weighted by molar-refractivity contribution is 6.16. The number of benzene rings is 6. The monoisotopic (exact) mass is 471 g/mol. The van der Waals surface area contributed by atoms with Gasteiger partial charge in [-0.15, -0.1) is 0 Å². The number of para-hydroxylation sites is 2. The minimum Gasteiger partial charge on any atom is -0.309 e. The van der Waals surface area contributed by atoms with E-state index in [1.807, 2.05) is 0 Å². The highest BCUT2D eigenvalue weighted by Crippen LogP contribution is 2.40. The number of nitrogens with zero attached hydrogens (tertiary/aromatic N) is 1. The van der Waals surface area contributed by atoms with Crippen LogP contribution in [0.1, 0.15) is 0 Å². The largest absolute Gasteiger partial charge is 0.309 e. The smallest absolute Gasteiger partial charge is 0.0547 e. The summed E-state index contributed by atoms with van der Waals surface area (Å²) in [5.41, 5.74) is 11.0. The van der Waals surface area contributed by atoms with E-state index in [2.05, 4.69) is 156 Å².